The molecule has 3 saturated heterocycles. The highest BCUT2D eigenvalue weighted by molar-refractivity contribution is 6.32. The number of ketones is 2. The number of ether oxygens (including phenoxy) is 8. The lowest BCUT2D eigenvalue weighted by Crippen LogP contribution is -2.62. The fourth-order valence-corrected chi connectivity index (χ4v) is 18.0. The van der Waals surface area contributed by atoms with Gasteiger partial charge in [-0.15, -0.1) is 0 Å². The molecule has 0 radical (unpaired) electrons. The number of aliphatic hydroxyl groups is 7. The molecular weight excluding hydrogens is 1690 g/mol. The Kier molecular flexibility index (Phi) is 28.6. The Morgan fingerprint density at radius 1 is 0.680 bits per heavy atom. The van der Waals surface area contributed by atoms with Crippen molar-refractivity contribution in [1.82, 2.24) is 21.3 Å². The van der Waals surface area contributed by atoms with Crippen LogP contribution in [0.25, 0.3) is 22.3 Å². The molecule has 8 heterocycles. The first-order chi connectivity index (χ1) is 59.2. The highest BCUT2D eigenvalue weighted by Gasteiger charge is 2.53. The maximum atomic E-state index is 16.7. The Morgan fingerprint density at radius 2 is 1.30 bits per heavy atom. The summed E-state index contributed by atoms with van der Waals surface area (Å²) in [4.78, 5) is 106. The van der Waals surface area contributed by atoms with Crippen LogP contribution >= 0.6 is 34.8 Å². The normalized spacial score (nSPS) is 30.5. The van der Waals surface area contributed by atoms with Gasteiger partial charge in [-0.3, -0.25) is 38.9 Å². The third kappa shape index (κ3) is 20.5. The van der Waals surface area contributed by atoms with Crippen molar-refractivity contribution in [2.45, 2.75) is 228 Å². The van der Waals surface area contributed by atoms with E-state index in [-0.39, 0.29) is 70.4 Å². The van der Waals surface area contributed by atoms with Crippen LogP contribution in [0.5, 0.6) is 46.0 Å². The van der Waals surface area contributed by atoms with Crippen molar-refractivity contribution < 1.29 is 129 Å². The molecule has 3 fully saturated rings. The van der Waals surface area contributed by atoms with E-state index in [4.69, 9.17) is 84.2 Å². The lowest BCUT2D eigenvalue weighted by molar-refractivity contribution is -0.339. The topological polar surface area (TPSA) is 516 Å². The summed E-state index contributed by atoms with van der Waals surface area (Å²) < 4.78 is 53.4. The Bertz CT molecular complexity index is 5190. The number of phenols is 3. The first kappa shape index (κ1) is 93.0. The number of amides is 4. The summed E-state index contributed by atoms with van der Waals surface area (Å²) in [5.41, 5.74) is 10.8. The van der Waals surface area contributed by atoms with Gasteiger partial charge >= 0.3 is 5.97 Å². The van der Waals surface area contributed by atoms with E-state index >= 15 is 19.2 Å². The van der Waals surface area contributed by atoms with Crippen molar-refractivity contribution in [3.05, 3.63) is 176 Å². The zero-order valence-corrected chi connectivity index (χ0v) is 71.5. The molecule has 0 aromatic heterocycles. The monoisotopic (exact) mass is 1790 g/mol. The Morgan fingerprint density at radius 3 is 1.90 bits per heavy atom. The van der Waals surface area contributed by atoms with E-state index in [1.54, 1.807) is 26.0 Å². The molecule has 125 heavy (non-hydrogen) atoms. The number of primary amides is 1. The maximum Gasteiger partial charge on any atom is 0.325 e. The molecule has 32 nitrogen and oxygen atoms in total. The highest BCUT2D eigenvalue weighted by atomic mass is 35.5. The molecule has 8 aliphatic rings. The van der Waals surface area contributed by atoms with Gasteiger partial charge in [-0.1, -0.05) is 117 Å². The molecule has 7 aromatic rings. The minimum atomic E-state index is -2.39. The minimum Gasteiger partial charge on any atom is -0.508 e. The molecule has 15 rings (SSSR count). The van der Waals surface area contributed by atoms with E-state index in [2.05, 4.69) is 21.3 Å². The molecule has 0 saturated carbocycles. The van der Waals surface area contributed by atoms with Crippen LogP contribution in [0.1, 0.15) is 165 Å². The number of fused-ring (bicyclic) bond motifs is 15. The van der Waals surface area contributed by atoms with Gasteiger partial charge in [0.15, 0.2) is 36.0 Å². The largest absolute Gasteiger partial charge is 0.508 e. The van der Waals surface area contributed by atoms with E-state index in [0.29, 0.717) is 24.3 Å². The zero-order valence-electron chi connectivity index (χ0n) is 69.2. The summed E-state index contributed by atoms with van der Waals surface area (Å²) in [6.07, 6.45) is -24.9. The Balaban J connectivity index is 0.0000144. The summed E-state index contributed by atoms with van der Waals surface area (Å²) in [6.45, 7) is 11.0. The molecule has 8 aliphatic heterocycles. The van der Waals surface area contributed by atoms with Gasteiger partial charge in [0.1, 0.15) is 89.4 Å². The molecule has 4 amide bonds. The van der Waals surface area contributed by atoms with E-state index in [1.165, 1.54) is 50.2 Å². The number of carbonyl (C=O) groups is 7. The lowest BCUT2D eigenvalue weighted by Gasteiger charge is -2.48. The van der Waals surface area contributed by atoms with Crippen molar-refractivity contribution in [2.75, 3.05) is 6.61 Å². The molecule has 672 valence electrons. The number of hydrogen-bond donors (Lipinski definition) is 17. The van der Waals surface area contributed by atoms with Crippen LogP contribution in [-0.4, -0.2) is 195 Å². The standard InChI is InChI=1S/C90H103Cl3N6O26.H2/c1-8-43(25-39(2)3)83(112)98-73-61(105)29-50(32-67(94)106)59(103)35-53-49-30-64(120-62-21-16-47(75(73)107)27-56(62)92)79(125-88-80(77(109)76(108)66(38-100)122-88)124-68-36-89(6,81(110)40(4)118-68)24-23-42-9-11-44(12-10-42)45-13-18-51(91)19-14-45)65(31-49)121-63-22-17-48(28-57(63)93)78(123-69-37-90(7,95)82(111)41(5)119-69)74-86(115)97-72(87(116)117)55-33-52(101)34-60(104)70(55)54-26-46(15-20-58(54)102)71(85(114)99-74)96-84(53)113;/h9-22,26-28,30-31,33-34,39-41,43,50,53,66,68-69,71-78,80-82,86,88,97,100-102,104,107-111,115H,8,23-25,29,32,35-38,95H2,1-7H3,(H2,94,106)(H,96,113)(H,98,112)(H,99,114)(H,116,117);1H/t40-,41?,43?,50-,53+,66+,68-,69-,71+,72?,73-,74?,75?,76+,77-,78?,80?,81-,82?,86?,88-,89-,90?;/m0./s1. The number of carboxylic acids is 1. The number of aliphatic carboxylic acids is 1. The predicted octanol–water partition coefficient (Wildman–Crippen LogP) is 9.04. The number of carbonyl (C=O) groups excluding carboxylic acids is 6. The number of aromatic hydroxyl groups is 3. The fraction of sp³-hybridized carbons (Fsp3) is 0.456. The first-order valence-electron chi connectivity index (χ1n) is 41.2. The summed E-state index contributed by atoms with van der Waals surface area (Å²) >= 11 is 20.9. The van der Waals surface area contributed by atoms with Crippen LogP contribution in [0.15, 0.2) is 127 Å². The second kappa shape index (κ2) is 38.5. The number of hydrogen-bond acceptors (Lipinski definition) is 27. The smallest absolute Gasteiger partial charge is 0.325 e. The molecule has 19 N–H and O–H groups in total. The maximum absolute atomic E-state index is 16.7. The van der Waals surface area contributed by atoms with E-state index < -0.39 is 257 Å². The van der Waals surface area contributed by atoms with Crippen LogP contribution in [0.3, 0.4) is 0 Å². The molecule has 7 aromatic carbocycles. The van der Waals surface area contributed by atoms with E-state index in [9.17, 15) is 70.6 Å². The number of nitrogens with one attached hydrogen (secondary N) is 4. The Hall–Kier alpha value is -9.66. The van der Waals surface area contributed by atoms with Gasteiger partial charge in [0.05, 0.1) is 53.0 Å². The summed E-state index contributed by atoms with van der Waals surface area (Å²) in [5, 5.41) is 141. The van der Waals surface area contributed by atoms with Crippen LogP contribution in [-0.2, 0) is 63.7 Å². The SMILES string of the molecule is CCC(CC(C)C)C(=O)N[C@H]1C(=O)C[C@@H](CC(N)=O)C(=O)C[C@H]2C(=O)N[C@H]3C(=O)NC(C(O)NC(C(=O)O)c4cc(O)cc(O)c4-c4cc3ccc4O)C(O[C@H]3CC(C)(N)C(O)C(C)O3)c3ccc(c(Cl)c3)Oc3cc2cc(c3O[C@@H]2O[C@H](CO)[C@@H](O)[C@H](O)C2O[C@H]2C[C@](C)(CCc3ccc(-c4ccc(Cl)cc4)cc3)[C@@H](O)[C@H](C)O2)Oc2ccc(cc2Cl)C1O.[HH]. The van der Waals surface area contributed by atoms with Crippen molar-refractivity contribution in [2.24, 2.45) is 34.6 Å². The van der Waals surface area contributed by atoms with Gasteiger partial charge in [0.2, 0.25) is 35.7 Å². The number of aryl methyl sites for hydroxylation is 1. The molecule has 35 heteroatoms. The van der Waals surface area contributed by atoms with Gasteiger partial charge in [-0.25, -0.2) is 0 Å². The number of phenolic OH excluding ortho intramolecular Hbond substituents is 3. The van der Waals surface area contributed by atoms with Crippen LogP contribution in [0, 0.1) is 23.2 Å². The number of Topliss-reactive ketones (excluding diaryl/α,β-unsaturated/α-hetero) is 2. The van der Waals surface area contributed by atoms with Crippen LogP contribution in [0.2, 0.25) is 15.1 Å². The van der Waals surface area contributed by atoms with Crippen LogP contribution in [0.4, 0.5) is 0 Å². The van der Waals surface area contributed by atoms with Crippen molar-refractivity contribution >= 4 is 76.0 Å². The molecular formula is C90H105Cl3N6O26. The number of halogens is 3. The third-order valence-corrected chi connectivity index (χ3v) is 25.2. The second-order valence-electron chi connectivity index (χ2n) is 34.1. The van der Waals surface area contributed by atoms with Gasteiger partial charge in [0.25, 0.3) is 0 Å². The minimum absolute atomic E-state index is 0. The Labute approximate surface area is 735 Å². The molecule has 10 unspecified atom stereocenters. The molecule has 0 spiro atoms. The summed E-state index contributed by atoms with van der Waals surface area (Å²) in [5.74, 6) is -17.3. The van der Waals surface area contributed by atoms with Crippen molar-refractivity contribution in [3.63, 3.8) is 0 Å². The average Bonchev–Trinajstić information content (AvgIpc) is 0.762. The number of rotatable bonds is 19. The number of aliphatic hydroxyl groups excluding tert-OH is 7. The first-order valence-corrected chi connectivity index (χ1v) is 42.4. The average molecular weight is 1790 g/mol. The van der Waals surface area contributed by atoms with Gasteiger partial charge in [-0.05, 0) is 164 Å². The van der Waals surface area contributed by atoms with E-state index in [0.717, 1.165) is 59.2 Å². The summed E-state index contributed by atoms with van der Waals surface area (Å²) in [7, 11) is 0. The third-order valence-electron chi connectivity index (χ3n) is 24.3. The van der Waals surface area contributed by atoms with Crippen LogP contribution < -0.4 is 46.9 Å². The second-order valence-corrected chi connectivity index (χ2v) is 35.4. The zero-order chi connectivity index (χ0) is 90.3. The lowest BCUT2D eigenvalue weighted by atomic mass is 9.72. The molecule has 11 bridgehead atoms. The molecule has 23 atom stereocenters. The van der Waals surface area contributed by atoms with Crippen molar-refractivity contribution in [3.8, 4) is 68.2 Å². The molecule has 0 aliphatic carbocycles. The number of nitrogens with two attached hydrogens (primary N) is 2. The van der Waals surface area contributed by atoms with Gasteiger partial charge < -0.3 is 121 Å². The quantitative estimate of drug-likeness (QED) is 0.0359. The fourth-order valence-electron chi connectivity index (χ4n) is 17.4. The van der Waals surface area contributed by atoms with Crippen molar-refractivity contribution in [1.29, 1.82) is 0 Å². The predicted molar refractivity (Wildman–Crippen MR) is 453 cm³/mol. The summed E-state index contributed by atoms with van der Waals surface area (Å²) in [6, 6.07) is 22.0. The van der Waals surface area contributed by atoms with E-state index in [1.807, 2.05) is 57.2 Å². The number of carboxylic acid groups (broad SMARTS) is 1. The van der Waals surface area contributed by atoms with Gasteiger partial charge in [-0.2, -0.15) is 0 Å². The highest BCUT2D eigenvalue weighted by Crippen LogP contribution is 2.52. The van der Waals surface area contributed by atoms with Gasteiger partial charge in [0, 0.05) is 78.5 Å². The number of benzene rings is 7.